The molecule has 0 aliphatic heterocycles. The van der Waals surface area contributed by atoms with Crippen molar-refractivity contribution in [3.8, 4) is 11.3 Å². The van der Waals surface area contributed by atoms with E-state index in [9.17, 15) is 9.59 Å². The number of ether oxygens (including phenoxy) is 1. The Kier molecular flexibility index (Phi) is 6.27. The first-order valence-corrected chi connectivity index (χ1v) is 9.31. The average molecular weight is 381 g/mol. The first kappa shape index (κ1) is 18.7. The van der Waals surface area contributed by atoms with Crippen molar-refractivity contribution in [1.82, 2.24) is 9.55 Å². The van der Waals surface area contributed by atoms with Gasteiger partial charge in [0, 0.05) is 5.69 Å². The third-order valence-electron chi connectivity index (χ3n) is 3.79. The predicted molar refractivity (Wildman–Crippen MR) is 105 cm³/mol. The van der Waals surface area contributed by atoms with Crippen molar-refractivity contribution in [2.45, 2.75) is 11.7 Å². The molecule has 7 heteroatoms. The molecule has 0 spiro atoms. The van der Waals surface area contributed by atoms with E-state index in [0.29, 0.717) is 5.16 Å². The monoisotopic (exact) mass is 381 g/mol. The molecule has 0 aliphatic rings. The van der Waals surface area contributed by atoms with Gasteiger partial charge in [0.25, 0.3) is 0 Å². The van der Waals surface area contributed by atoms with Crippen LogP contribution in [0.25, 0.3) is 11.3 Å². The average Bonchev–Trinajstić information content (AvgIpc) is 3.10. The summed E-state index contributed by atoms with van der Waals surface area (Å²) in [5, 5.41) is 3.42. The van der Waals surface area contributed by atoms with Crippen LogP contribution in [0, 0.1) is 0 Å². The number of methoxy groups -OCH3 is 1. The van der Waals surface area contributed by atoms with Crippen LogP contribution < -0.4 is 5.32 Å². The summed E-state index contributed by atoms with van der Waals surface area (Å²) in [4.78, 5) is 28.4. The molecule has 0 saturated heterocycles. The lowest BCUT2D eigenvalue weighted by Crippen LogP contribution is -2.16. The van der Waals surface area contributed by atoms with Crippen LogP contribution >= 0.6 is 11.8 Å². The van der Waals surface area contributed by atoms with E-state index < -0.39 is 0 Å². The molecule has 0 atom stereocenters. The molecule has 3 rings (SSSR count). The summed E-state index contributed by atoms with van der Waals surface area (Å²) in [5.74, 6) is -0.331. The zero-order valence-electron chi connectivity index (χ0n) is 14.8. The summed E-state index contributed by atoms with van der Waals surface area (Å²) in [5.41, 5.74) is 2.48. The fraction of sp³-hybridized carbons (Fsp3) is 0.150. The van der Waals surface area contributed by atoms with E-state index in [-0.39, 0.29) is 24.2 Å². The molecule has 2 aromatic carbocycles. The minimum atomic E-state index is -0.374. The highest BCUT2D eigenvalue weighted by Crippen LogP contribution is 2.26. The van der Waals surface area contributed by atoms with Crippen LogP contribution in [0.3, 0.4) is 0 Å². The number of nitrogens with zero attached hydrogens (tertiary/aromatic N) is 2. The number of carbonyl (C=O) groups excluding carboxylic acids is 2. The van der Waals surface area contributed by atoms with Crippen LogP contribution in [-0.4, -0.2) is 34.3 Å². The summed E-state index contributed by atoms with van der Waals surface area (Å²) >= 11 is 1.27. The number of esters is 1. The molecule has 0 radical (unpaired) electrons. The summed E-state index contributed by atoms with van der Waals surface area (Å²) in [6.07, 6.45) is 1.70. The number of amides is 1. The Balaban J connectivity index is 1.75. The maximum absolute atomic E-state index is 12.2. The molecule has 1 aromatic heterocycles. The molecule has 1 amide bonds. The molecule has 0 aliphatic carbocycles. The highest BCUT2D eigenvalue weighted by Gasteiger charge is 2.16. The van der Waals surface area contributed by atoms with Gasteiger partial charge in [0.1, 0.15) is 6.54 Å². The van der Waals surface area contributed by atoms with E-state index in [0.717, 1.165) is 16.9 Å². The molecule has 0 saturated carbocycles. The molecule has 3 aromatic rings. The van der Waals surface area contributed by atoms with E-state index in [1.165, 1.54) is 18.9 Å². The number of rotatable bonds is 7. The van der Waals surface area contributed by atoms with Crippen molar-refractivity contribution >= 4 is 29.3 Å². The fourth-order valence-corrected chi connectivity index (χ4v) is 3.29. The van der Waals surface area contributed by atoms with E-state index >= 15 is 0 Å². The summed E-state index contributed by atoms with van der Waals surface area (Å²) < 4.78 is 6.56. The molecule has 6 nitrogen and oxygen atoms in total. The Morgan fingerprint density at radius 3 is 2.41 bits per heavy atom. The molecule has 0 unspecified atom stereocenters. The summed E-state index contributed by atoms with van der Waals surface area (Å²) in [6.45, 7) is 0.0311. The Morgan fingerprint density at radius 1 is 1.07 bits per heavy atom. The predicted octanol–water partition coefficient (Wildman–Crippen LogP) is 3.45. The number of carbonyl (C=O) groups is 2. The van der Waals surface area contributed by atoms with Crippen molar-refractivity contribution in [3.05, 3.63) is 66.9 Å². The van der Waals surface area contributed by atoms with Gasteiger partial charge in [-0.15, -0.1) is 0 Å². The number of benzene rings is 2. The van der Waals surface area contributed by atoms with Gasteiger partial charge in [0.15, 0.2) is 5.16 Å². The minimum absolute atomic E-state index is 0.0311. The second-order valence-electron chi connectivity index (χ2n) is 5.66. The lowest BCUT2D eigenvalue weighted by atomic mass is 10.2. The van der Waals surface area contributed by atoms with E-state index in [1.54, 1.807) is 10.8 Å². The number of para-hydroxylation sites is 1. The van der Waals surface area contributed by atoms with Gasteiger partial charge < -0.3 is 14.6 Å². The molecular formula is C20H19N3O3S. The van der Waals surface area contributed by atoms with Gasteiger partial charge in [-0.3, -0.25) is 9.59 Å². The van der Waals surface area contributed by atoms with Gasteiger partial charge >= 0.3 is 5.97 Å². The number of nitrogens with one attached hydrogen (secondary N) is 1. The van der Waals surface area contributed by atoms with Crippen molar-refractivity contribution in [1.29, 1.82) is 0 Å². The summed E-state index contributed by atoms with van der Waals surface area (Å²) in [7, 11) is 1.35. The summed E-state index contributed by atoms with van der Waals surface area (Å²) in [6, 6.07) is 18.9. The number of thioether (sulfide) groups is 1. The van der Waals surface area contributed by atoms with Crippen LogP contribution in [-0.2, 0) is 20.9 Å². The second kappa shape index (κ2) is 9.05. The maximum atomic E-state index is 12.2. The van der Waals surface area contributed by atoms with Crippen LogP contribution in [0.4, 0.5) is 5.69 Å². The molecule has 1 heterocycles. The normalized spacial score (nSPS) is 10.4. The molecule has 27 heavy (non-hydrogen) atoms. The number of anilines is 1. The maximum Gasteiger partial charge on any atom is 0.325 e. The molecule has 0 bridgehead atoms. The quantitative estimate of drug-likeness (QED) is 0.501. The van der Waals surface area contributed by atoms with Gasteiger partial charge in [0.2, 0.25) is 5.91 Å². The standard InChI is InChI=1S/C20H19N3O3S/c1-26-19(25)13-23-17(15-8-4-2-5-9-15)12-21-20(23)27-14-18(24)22-16-10-6-3-7-11-16/h2-12H,13-14H2,1H3,(H,22,24). The second-order valence-corrected chi connectivity index (χ2v) is 6.60. The minimum Gasteiger partial charge on any atom is -0.468 e. The van der Waals surface area contributed by atoms with Crippen LogP contribution in [0.5, 0.6) is 0 Å². The van der Waals surface area contributed by atoms with Crippen molar-refractivity contribution in [2.75, 3.05) is 18.2 Å². The lowest BCUT2D eigenvalue weighted by molar-refractivity contribution is -0.141. The number of aromatic nitrogens is 2. The van der Waals surface area contributed by atoms with Gasteiger partial charge in [-0.2, -0.15) is 0 Å². The zero-order valence-corrected chi connectivity index (χ0v) is 15.6. The van der Waals surface area contributed by atoms with E-state index in [4.69, 9.17) is 4.74 Å². The first-order chi connectivity index (χ1) is 13.2. The molecule has 138 valence electrons. The van der Waals surface area contributed by atoms with Gasteiger partial charge in [-0.05, 0) is 17.7 Å². The largest absolute Gasteiger partial charge is 0.468 e. The first-order valence-electron chi connectivity index (χ1n) is 8.33. The van der Waals surface area contributed by atoms with Crippen LogP contribution in [0.15, 0.2) is 72.0 Å². The topological polar surface area (TPSA) is 73.2 Å². The van der Waals surface area contributed by atoms with Gasteiger partial charge in [-0.1, -0.05) is 60.3 Å². The van der Waals surface area contributed by atoms with Crippen molar-refractivity contribution in [3.63, 3.8) is 0 Å². The molecule has 1 N–H and O–H groups in total. The third-order valence-corrected chi connectivity index (χ3v) is 4.78. The SMILES string of the molecule is COC(=O)Cn1c(-c2ccccc2)cnc1SCC(=O)Nc1ccccc1. The van der Waals surface area contributed by atoms with Gasteiger partial charge in [0.05, 0.1) is 24.8 Å². The zero-order chi connectivity index (χ0) is 19.1. The van der Waals surface area contributed by atoms with Crippen LogP contribution in [0.1, 0.15) is 0 Å². The Morgan fingerprint density at radius 2 is 1.74 bits per heavy atom. The number of imidazole rings is 1. The van der Waals surface area contributed by atoms with Gasteiger partial charge in [-0.25, -0.2) is 4.98 Å². The van der Waals surface area contributed by atoms with Crippen molar-refractivity contribution in [2.24, 2.45) is 0 Å². The smallest absolute Gasteiger partial charge is 0.325 e. The highest BCUT2D eigenvalue weighted by atomic mass is 32.2. The fourth-order valence-electron chi connectivity index (χ4n) is 2.51. The van der Waals surface area contributed by atoms with Crippen molar-refractivity contribution < 1.29 is 14.3 Å². The number of hydrogen-bond donors (Lipinski definition) is 1. The van der Waals surface area contributed by atoms with Crippen LogP contribution in [0.2, 0.25) is 0 Å². The van der Waals surface area contributed by atoms with E-state index in [2.05, 4.69) is 10.3 Å². The van der Waals surface area contributed by atoms with E-state index in [1.807, 2.05) is 60.7 Å². The molecular weight excluding hydrogens is 362 g/mol. The molecule has 0 fully saturated rings. The lowest BCUT2D eigenvalue weighted by Gasteiger charge is -2.11. The Hall–Kier alpha value is -3.06. The third kappa shape index (κ3) is 4.98. The highest BCUT2D eigenvalue weighted by molar-refractivity contribution is 7.99. The number of hydrogen-bond acceptors (Lipinski definition) is 5. The Bertz CT molecular complexity index is 911. The Labute approximate surface area is 161 Å².